The van der Waals surface area contributed by atoms with Gasteiger partial charge in [0.2, 0.25) is 5.89 Å². The molecule has 3 rings (SSSR count). The molecule has 0 unspecified atom stereocenters. The Morgan fingerprint density at radius 1 is 1.33 bits per heavy atom. The fraction of sp³-hybridized carbons (Fsp3) is 0.500. The van der Waals surface area contributed by atoms with Crippen LogP contribution in [0.25, 0.3) is 0 Å². The van der Waals surface area contributed by atoms with E-state index in [1.807, 2.05) is 43.0 Å². The molecule has 24 heavy (non-hydrogen) atoms. The molecule has 0 N–H and O–H groups in total. The van der Waals surface area contributed by atoms with Gasteiger partial charge in [-0.25, -0.2) is 0 Å². The Morgan fingerprint density at radius 2 is 2.04 bits per heavy atom. The molecule has 0 aliphatic carbocycles. The van der Waals surface area contributed by atoms with Crippen LogP contribution in [-0.4, -0.2) is 40.6 Å². The van der Waals surface area contributed by atoms with Gasteiger partial charge in [0.05, 0.1) is 17.6 Å². The number of hydrogen-bond acceptors (Lipinski definition) is 5. The van der Waals surface area contributed by atoms with Gasteiger partial charge in [0, 0.05) is 13.1 Å². The van der Waals surface area contributed by atoms with Crippen LogP contribution in [0.5, 0.6) is 5.75 Å². The third-order valence-electron chi connectivity index (χ3n) is 4.62. The van der Waals surface area contributed by atoms with Gasteiger partial charge < -0.3 is 14.2 Å². The number of piperidine rings is 1. The fourth-order valence-electron chi connectivity index (χ4n) is 3.05. The number of para-hydroxylation sites is 1. The third kappa shape index (κ3) is 3.13. The fourth-order valence-corrected chi connectivity index (χ4v) is 3.05. The standard InChI is InChI=1S/C18H23N3O3/c1-4-23-15-8-6-5-7-14(15)16(22)21-11-9-18(3,10-12-21)17-19-13(2)20-24-17/h5-8H,4,9-12H2,1-3H3. The molecule has 2 aromatic rings. The highest BCUT2D eigenvalue weighted by molar-refractivity contribution is 5.97. The molecular formula is C18H23N3O3. The first-order valence-corrected chi connectivity index (χ1v) is 8.35. The number of carbonyl (C=O) groups excluding carboxylic acids is 1. The molecule has 0 atom stereocenters. The Balaban J connectivity index is 1.72. The molecule has 0 bridgehead atoms. The number of hydrogen-bond donors (Lipinski definition) is 0. The normalized spacial score (nSPS) is 16.9. The molecular weight excluding hydrogens is 306 g/mol. The van der Waals surface area contributed by atoms with E-state index in [4.69, 9.17) is 9.26 Å². The first-order valence-electron chi connectivity index (χ1n) is 8.35. The van der Waals surface area contributed by atoms with Gasteiger partial charge in [-0.2, -0.15) is 4.98 Å². The Labute approximate surface area is 141 Å². The molecule has 1 aliphatic heterocycles. The van der Waals surface area contributed by atoms with E-state index >= 15 is 0 Å². The molecule has 1 aromatic heterocycles. The van der Waals surface area contributed by atoms with E-state index in [1.165, 1.54) is 0 Å². The summed E-state index contributed by atoms with van der Waals surface area (Å²) in [5, 5.41) is 3.89. The second-order valence-electron chi connectivity index (χ2n) is 6.43. The Morgan fingerprint density at radius 3 is 2.67 bits per heavy atom. The third-order valence-corrected chi connectivity index (χ3v) is 4.62. The molecule has 0 saturated carbocycles. The number of rotatable bonds is 4. The summed E-state index contributed by atoms with van der Waals surface area (Å²) < 4.78 is 10.9. The summed E-state index contributed by atoms with van der Waals surface area (Å²) in [5.74, 6) is 1.98. The molecule has 1 aromatic carbocycles. The average molecular weight is 329 g/mol. The number of likely N-dealkylation sites (tertiary alicyclic amines) is 1. The van der Waals surface area contributed by atoms with Gasteiger partial charge in [0.15, 0.2) is 5.82 Å². The van der Waals surface area contributed by atoms with E-state index in [2.05, 4.69) is 17.1 Å². The first-order chi connectivity index (χ1) is 11.5. The Bertz CT molecular complexity index is 718. The number of nitrogens with zero attached hydrogens (tertiary/aromatic N) is 3. The van der Waals surface area contributed by atoms with E-state index in [9.17, 15) is 4.79 Å². The van der Waals surface area contributed by atoms with Crippen molar-refractivity contribution in [2.75, 3.05) is 19.7 Å². The number of amides is 1. The lowest BCUT2D eigenvalue weighted by Gasteiger charge is -2.37. The van der Waals surface area contributed by atoms with Crippen LogP contribution in [0.15, 0.2) is 28.8 Å². The molecule has 1 amide bonds. The highest BCUT2D eigenvalue weighted by Crippen LogP contribution is 2.34. The van der Waals surface area contributed by atoms with Crippen LogP contribution in [0.1, 0.15) is 48.8 Å². The molecule has 1 aliphatic rings. The summed E-state index contributed by atoms with van der Waals surface area (Å²) in [6.45, 7) is 7.73. The predicted octanol–water partition coefficient (Wildman–Crippen LogP) is 2.97. The minimum Gasteiger partial charge on any atom is -0.493 e. The number of aryl methyl sites for hydroxylation is 1. The second kappa shape index (κ2) is 6.63. The molecule has 6 nitrogen and oxygen atoms in total. The molecule has 0 spiro atoms. The molecule has 128 valence electrons. The highest BCUT2D eigenvalue weighted by atomic mass is 16.5. The molecule has 1 fully saturated rings. The van der Waals surface area contributed by atoms with E-state index in [0.717, 1.165) is 12.8 Å². The lowest BCUT2D eigenvalue weighted by Crippen LogP contribution is -2.44. The maximum atomic E-state index is 12.8. The maximum Gasteiger partial charge on any atom is 0.257 e. The van der Waals surface area contributed by atoms with Crippen molar-refractivity contribution in [1.82, 2.24) is 15.0 Å². The van der Waals surface area contributed by atoms with Crippen LogP contribution >= 0.6 is 0 Å². The zero-order valence-electron chi connectivity index (χ0n) is 14.4. The van der Waals surface area contributed by atoms with Crippen molar-refractivity contribution in [2.45, 2.75) is 39.0 Å². The highest BCUT2D eigenvalue weighted by Gasteiger charge is 2.38. The van der Waals surface area contributed by atoms with Crippen molar-refractivity contribution in [3.63, 3.8) is 0 Å². The van der Waals surface area contributed by atoms with Gasteiger partial charge in [-0.15, -0.1) is 0 Å². The van der Waals surface area contributed by atoms with Gasteiger partial charge in [-0.05, 0) is 38.8 Å². The average Bonchev–Trinajstić information content (AvgIpc) is 3.03. The zero-order valence-corrected chi connectivity index (χ0v) is 14.4. The minimum absolute atomic E-state index is 0.0165. The molecule has 0 radical (unpaired) electrons. The predicted molar refractivity (Wildman–Crippen MR) is 89.1 cm³/mol. The lowest BCUT2D eigenvalue weighted by molar-refractivity contribution is 0.0649. The monoisotopic (exact) mass is 329 g/mol. The number of ether oxygens (including phenoxy) is 1. The van der Waals surface area contributed by atoms with E-state index in [-0.39, 0.29) is 11.3 Å². The number of benzene rings is 1. The minimum atomic E-state index is -0.169. The van der Waals surface area contributed by atoms with Gasteiger partial charge >= 0.3 is 0 Å². The van der Waals surface area contributed by atoms with Crippen molar-refractivity contribution in [1.29, 1.82) is 0 Å². The van der Waals surface area contributed by atoms with Gasteiger partial charge in [0.25, 0.3) is 5.91 Å². The Kier molecular flexibility index (Phi) is 4.55. The summed E-state index contributed by atoms with van der Waals surface area (Å²) in [7, 11) is 0. The summed E-state index contributed by atoms with van der Waals surface area (Å²) in [6.07, 6.45) is 1.61. The zero-order chi connectivity index (χ0) is 17.2. The van der Waals surface area contributed by atoms with E-state index in [0.29, 0.717) is 42.7 Å². The first kappa shape index (κ1) is 16.5. The van der Waals surface area contributed by atoms with E-state index < -0.39 is 0 Å². The number of aromatic nitrogens is 2. The molecule has 2 heterocycles. The number of carbonyl (C=O) groups is 1. The van der Waals surface area contributed by atoms with Crippen molar-refractivity contribution in [3.05, 3.63) is 41.5 Å². The van der Waals surface area contributed by atoms with Crippen LogP contribution in [-0.2, 0) is 5.41 Å². The van der Waals surface area contributed by atoms with Crippen molar-refractivity contribution in [2.24, 2.45) is 0 Å². The van der Waals surface area contributed by atoms with E-state index in [1.54, 1.807) is 0 Å². The van der Waals surface area contributed by atoms with Crippen molar-refractivity contribution < 1.29 is 14.1 Å². The topological polar surface area (TPSA) is 68.5 Å². The summed E-state index contributed by atoms with van der Waals surface area (Å²) in [5.41, 5.74) is 0.453. The summed E-state index contributed by atoms with van der Waals surface area (Å²) >= 11 is 0. The smallest absolute Gasteiger partial charge is 0.257 e. The molecule has 1 saturated heterocycles. The van der Waals surface area contributed by atoms with Gasteiger partial charge in [-0.3, -0.25) is 4.79 Å². The quantitative estimate of drug-likeness (QED) is 0.862. The van der Waals surface area contributed by atoms with Crippen LogP contribution in [0.3, 0.4) is 0 Å². The second-order valence-corrected chi connectivity index (χ2v) is 6.43. The largest absolute Gasteiger partial charge is 0.493 e. The maximum absolute atomic E-state index is 12.8. The van der Waals surface area contributed by atoms with Crippen LogP contribution in [0, 0.1) is 6.92 Å². The van der Waals surface area contributed by atoms with Crippen LogP contribution in [0.4, 0.5) is 0 Å². The van der Waals surface area contributed by atoms with Crippen molar-refractivity contribution in [3.8, 4) is 5.75 Å². The van der Waals surface area contributed by atoms with Gasteiger partial charge in [0.1, 0.15) is 5.75 Å². The summed E-state index contributed by atoms with van der Waals surface area (Å²) in [4.78, 5) is 19.1. The molecule has 6 heteroatoms. The van der Waals surface area contributed by atoms with Crippen molar-refractivity contribution >= 4 is 5.91 Å². The van der Waals surface area contributed by atoms with Crippen LogP contribution in [0.2, 0.25) is 0 Å². The van der Waals surface area contributed by atoms with Crippen LogP contribution < -0.4 is 4.74 Å². The van der Waals surface area contributed by atoms with Gasteiger partial charge in [-0.1, -0.05) is 24.2 Å². The lowest BCUT2D eigenvalue weighted by atomic mass is 9.80. The Hall–Kier alpha value is -2.37. The summed E-state index contributed by atoms with van der Waals surface area (Å²) in [6, 6.07) is 7.41. The SMILES string of the molecule is CCOc1ccccc1C(=O)N1CCC(C)(c2nc(C)no2)CC1.